The quantitative estimate of drug-likeness (QED) is 0.619. The highest BCUT2D eigenvalue weighted by atomic mass is 32.2. The molecular weight excluding hydrogens is 266 g/mol. The number of nitrogens with two attached hydrogens (primary N) is 1. The van der Waals surface area contributed by atoms with Crippen LogP contribution in [-0.2, 0) is 10.0 Å². The number of hydrogen-bond acceptors (Lipinski definition) is 6. The summed E-state index contributed by atoms with van der Waals surface area (Å²) in [4.78, 5) is 7.79. The maximum atomic E-state index is 12.4. The van der Waals surface area contributed by atoms with Crippen LogP contribution in [0.3, 0.4) is 0 Å². The summed E-state index contributed by atoms with van der Waals surface area (Å²) in [6, 6.07) is 0. The summed E-state index contributed by atoms with van der Waals surface area (Å²) in [6.07, 6.45) is 5.50. The van der Waals surface area contributed by atoms with Crippen molar-refractivity contribution in [1.29, 1.82) is 0 Å². The minimum Gasteiger partial charge on any atom is -0.292 e. The average molecular weight is 285 g/mol. The van der Waals surface area contributed by atoms with E-state index in [9.17, 15) is 8.42 Å². The van der Waals surface area contributed by atoms with E-state index in [4.69, 9.17) is 5.84 Å². The van der Waals surface area contributed by atoms with Gasteiger partial charge < -0.3 is 0 Å². The Hall–Kier alpha value is -1.25. The van der Waals surface area contributed by atoms with Crippen molar-refractivity contribution in [3.63, 3.8) is 0 Å². The van der Waals surface area contributed by atoms with Crippen LogP contribution in [0.2, 0.25) is 0 Å². The number of aromatic nitrogens is 2. The second-order valence-corrected chi connectivity index (χ2v) is 6.58. The Bertz CT molecular complexity index is 508. The number of nitrogen functional groups attached to an aromatic ring is 1. The summed E-state index contributed by atoms with van der Waals surface area (Å²) < 4.78 is 26.3. The molecule has 1 aromatic heterocycles. The van der Waals surface area contributed by atoms with Gasteiger partial charge in [0, 0.05) is 13.1 Å². The van der Waals surface area contributed by atoms with Crippen LogP contribution >= 0.6 is 0 Å². The van der Waals surface area contributed by atoms with Crippen LogP contribution in [0.25, 0.3) is 0 Å². The third kappa shape index (κ3) is 3.02. The second kappa shape index (κ2) is 5.81. The molecule has 0 amide bonds. The minimum absolute atomic E-state index is 0.112. The van der Waals surface area contributed by atoms with E-state index < -0.39 is 10.0 Å². The molecule has 1 aliphatic rings. The first-order valence-corrected chi connectivity index (χ1v) is 7.80. The molecule has 7 nitrogen and oxygen atoms in total. The fourth-order valence-electron chi connectivity index (χ4n) is 2.23. The lowest BCUT2D eigenvalue weighted by Gasteiger charge is -2.30. The van der Waals surface area contributed by atoms with E-state index in [0.717, 1.165) is 19.3 Å². The van der Waals surface area contributed by atoms with Crippen LogP contribution in [0.4, 0.5) is 5.95 Å². The van der Waals surface area contributed by atoms with Crippen LogP contribution in [0.5, 0.6) is 0 Å². The summed E-state index contributed by atoms with van der Waals surface area (Å²) in [5.74, 6) is 5.98. The fourth-order valence-corrected chi connectivity index (χ4v) is 3.59. The first-order valence-electron chi connectivity index (χ1n) is 6.36. The number of piperidine rings is 1. The molecule has 0 spiro atoms. The molecule has 0 aliphatic carbocycles. The van der Waals surface area contributed by atoms with Crippen LogP contribution in [0.1, 0.15) is 26.2 Å². The predicted molar refractivity (Wildman–Crippen MR) is 71.6 cm³/mol. The van der Waals surface area contributed by atoms with E-state index in [2.05, 4.69) is 22.3 Å². The molecule has 0 aromatic carbocycles. The Morgan fingerprint density at radius 1 is 1.37 bits per heavy atom. The topological polar surface area (TPSA) is 101 Å². The number of hydrazine groups is 1. The summed E-state index contributed by atoms with van der Waals surface area (Å²) >= 11 is 0. The summed E-state index contributed by atoms with van der Waals surface area (Å²) in [5, 5.41) is 0. The Morgan fingerprint density at radius 3 is 2.42 bits per heavy atom. The fraction of sp³-hybridized carbons (Fsp3) is 0.636. The molecule has 0 bridgehead atoms. The first-order chi connectivity index (χ1) is 9.07. The Balaban J connectivity index is 2.13. The van der Waals surface area contributed by atoms with Crippen molar-refractivity contribution < 1.29 is 8.42 Å². The summed E-state index contributed by atoms with van der Waals surface area (Å²) in [7, 11) is -3.48. The second-order valence-electron chi connectivity index (χ2n) is 4.64. The van der Waals surface area contributed by atoms with E-state index in [1.165, 1.54) is 16.7 Å². The zero-order valence-electron chi connectivity index (χ0n) is 10.9. The highest BCUT2D eigenvalue weighted by molar-refractivity contribution is 7.89. The SMILES string of the molecule is CCC1CCN(S(=O)(=O)c2cnc(NN)nc2)CC1. The van der Waals surface area contributed by atoms with Gasteiger partial charge in [0.05, 0.1) is 12.4 Å². The first kappa shape index (κ1) is 14.2. The number of nitrogens with zero attached hydrogens (tertiary/aromatic N) is 3. The molecule has 19 heavy (non-hydrogen) atoms. The molecule has 1 fully saturated rings. The van der Waals surface area contributed by atoms with Gasteiger partial charge >= 0.3 is 0 Å². The van der Waals surface area contributed by atoms with Crippen molar-refractivity contribution in [3.05, 3.63) is 12.4 Å². The number of anilines is 1. The Kier molecular flexibility index (Phi) is 4.33. The van der Waals surface area contributed by atoms with Crippen molar-refractivity contribution in [2.75, 3.05) is 18.5 Å². The van der Waals surface area contributed by atoms with Gasteiger partial charge in [-0.2, -0.15) is 4.31 Å². The van der Waals surface area contributed by atoms with Gasteiger partial charge in [0.2, 0.25) is 16.0 Å². The molecule has 1 aromatic rings. The van der Waals surface area contributed by atoms with Crippen molar-refractivity contribution in [2.45, 2.75) is 31.1 Å². The van der Waals surface area contributed by atoms with Gasteiger partial charge in [-0.1, -0.05) is 13.3 Å². The van der Waals surface area contributed by atoms with Crippen molar-refractivity contribution in [3.8, 4) is 0 Å². The monoisotopic (exact) mass is 285 g/mol. The minimum atomic E-state index is -3.48. The van der Waals surface area contributed by atoms with E-state index in [1.807, 2.05) is 0 Å². The number of hydrogen-bond donors (Lipinski definition) is 2. The average Bonchev–Trinajstić information content (AvgIpc) is 2.47. The molecule has 2 heterocycles. The Labute approximate surface area is 113 Å². The largest absolute Gasteiger partial charge is 0.292 e. The molecule has 1 aliphatic heterocycles. The molecule has 2 rings (SSSR count). The van der Waals surface area contributed by atoms with Gasteiger partial charge in [-0.05, 0) is 18.8 Å². The van der Waals surface area contributed by atoms with Crippen molar-refractivity contribution >= 4 is 16.0 Å². The normalized spacial score (nSPS) is 18.4. The lowest BCUT2D eigenvalue weighted by Crippen LogP contribution is -2.38. The third-order valence-electron chi connectivity index (χ3n) is 3.55. The van der Waals surface area contributed by atoms with Crippen LogP contribution in [-0.4, -0.2) is 35.8 Å². The predicted octanol–water partition coefficient (Wildman–Crippen LogP) is 0.573. The number of rotatable bonds is 4. The van der Waals surface area contributed by atoms with Crippen LogP contribution < -0.4 is 11.3 Å². The molecule has 0 unspecified atom stereocenters. The van der Waals surface area contributed by atoms with E-state index in [1.54, 1.807) is 0 Å². The Morgan fingerprint density at radius 2 is 1.95 bits per heavy atom. The van der Waals surface area contributed by atoms with E-state index in [-0.39, 0.29) is 10.8 Å². The highest BCUT2D eigenvalue weighted by Gasteiger charge is 2.29. The molecular formula is C11H19N5O2S. The van der Waals surface area contributed by atoms with Gasteiger partial charge in [0.25, 0.3) is 0 Å². The van der Waals surface area contributed by atoms with Crippen LogP contribution in [0.15, 0.2) is 17.3 Å². The number of nitrogens with one attached hydrogen (secondary N) is 1. The van der Waals surface area contributed by atoms with Gasteiger partial charge in [0.1, 0.15) is 4.90 Å². The maximum Gasteiger partial charge on any atom is 0.246 e. The standard InChI is InChI=1S/C11H19N5O2S/c1-2-9-3-5-16(6-4-9)19(17,18)10-7-13-11(15-12)14-8-10/h7-9H,2-6,12H2,1H3,(H,13,14,15). The molecule has 106 valence electrons. The van der Waals surface area contributed by atoms with E-state index in [0.29, 0.717) is 19.0 Å². The lowest BCUT2D eigenvalue weighted by atomic mass is 9.96. The van der Waals surface area contributed by atoms with Crippen molar-refractivity contribution in [2.24, 2.45) is 11.8 Å². The van der Waals surface area contributed by atoms with E-state index >= 15 is 0 Å². The molecule has 8 heteroatoms. The lowest BCUT2D eigenvalue weighted by molar-refractivity contribution is 0.269. The number of sulfonamides is 1. The molecule has 0 radical (unpaired) electrons. The third-order valence-corrected chi connectivity index (χ3v) is 5.40. The summed E-state index contributed by atoms with van der Waals surface area (Å²) in [6.45, 7) is 3.27. The molecule has 0 atom stereocenters. The molecule has 1 saturated heterocycles. The van der Waals surface area contributed by atoms with Crippen LogP contribution in [0, 0.1) is 5.92 Å². The maximum absolute atomic E-state index is 12.4. The molecule has 3 N–H and O–H groups in total. The van der Waals surface area contributed by atoms with Gasteiger partial charge in [-0.15, -0.1) is 0 Å². The smallest absolute Gasteiger partial charge is 0.246 e. The molecule has 0 saturated carbocycles. The zero-order chi connectivity index (χ0) is 13.9. The van der Waals surface area contributed by atoms with Crippen molar-refractivity contribution in [1.82, 2.24) is 14.3 Å². The highest BCUT2D eigenvalue weighted by Crippen LogP contribution is 2.24. The van der Waals surface area contributed by atoms with Gasteiger partial charge in [-0.25, -0.2) is 24.2 Å². The zero-order valence-corrected chi connectivity index (χ0v) is 11.7. The van der Waals surface area contributed by atoms with Gasteiger partial charge in [-0.3, -0.25) is 5.43 Å². The van der Waals surface area contributed by atoms with Gasteiger partial charge in [0.15, 0.2) is 0 Å². The summed E-state index contributed by atoms with van der Waals surface area (Å²) in [5.41, 5.74) is 2.27.